The number of nitrogens with zero attached hydrogens (tertiary/aromatic N) is 3. The Hall–Kier alpha value is -4.51. The number of carbonyl (C=O) groups excluding carboxylic acids is 1. The molecule has 0 atom stereocenters. The zero-order valence-electron chi connectivity index (χ0n) is 18.8. The fourth-order valence-electron chi connectivity index (χ4n) is 3.89. The highest BCUT2D eigenvalue weighted by atomic mass is 16.5. The molecule has 0 saturated carbocycles. The molecule has 4 aromatic carbocycles. The molecule has 5 nitrogen and oxygen atoms in total. The molecule has 0 bridgehead atoms. The highest BCUT2D eigenvalue weighted by molar-refractivity contribution is 5.89. The van der Waals surface area contributed by atoms with Gasteiger partial charge in [0, 0.05) is 16.8 Å². The van der Waals surface area contributed by atoms with Crippen LogP contribution in [0.25, 0.3) is 39.6 Å². The highest BCUT2D eigenvalue weighted by Gasteiger charge is 2.18. The fourth-order valence-corrected chi connectivity index (χ4v) is 3.89. The second kappa shape index (κ2) is 9.55. The summed E-state index contributed by atoms with van der Waals surface area (Å²) in [6, 6.07) is 35.8. The summed E-state index contributed by atoms with van der Waals surface area (Å²) in [5.41, 5.74) is 5.57. The summed E-state index contributed by atoms with van der Waals surface area (Å²) in [6.07, 6.45) is 0. The molecule has 1 aromatic heterocycles. The van der Waals surface area contributed by atoms with Gasteiger partial charge in [-0.1, -0.05) is 84.9 Å². The van der Waals surface area contributed by atoms with Gasteiger partial charge in [0.15, 0.2) is 11.6 Å². The number of carbonyl (C=O) groups is 1. The maximum atomic E-state index is 12.1. The van der Waals surface area contributed by atoms with Crippen LogP contribution in [0, 0.1) is 0 Å². The fraction of sp³-hybridized carbons (Fsp3) is 0.0690. The van der Waals surface area contributed by atoms with Gasteiger partial charge in [-0.3, -0.25) is 4.57 Å². The Kier molecular flexibility index (Phi) is 5.99. The molecule has 34 heavy (non-hydrogen) atoms. The van der Waals surface area contributed by atoms with Crippen LogP contribution in [0.5, 0.6) is 0 Å². The molecule has 0 aliphatic carbocycles. The number of ether oxygens (including phenoxy) is 1. The summed E-state index contributed by atoms with van der Waals surface area (Å²) < 4.78 is 7.14. The third-order valence-electron chi connectivity index (χ3n) is 5.58. The molecule has 0 N–H and O–H groups in total. The minimum atomic E-state index is -0.335. The number of esters is 1. The third-order valence-corrected chi connectivity index (χ3v) is 5.58. The molecule has 0 amide bonds. The summed E-state index contributed by atoms with van der Waals surface area (Å²) in [7, 11) is 0. The van der Waals surface area contributed by atoms with Gasteiger partial charge in [-0.25, -0.2) is 4.79 Å². The topological polar surface area (TPSA) is 57.0 Å². The van der Waals surface area contributed by atoms with Gasteiger partial charge >= 0.3 is 5.97 Å². The number of benzene rings is 4. The first-order valence-electron chi connectivity index (χ1n) is 11.2. The molecule has 0 aliphatic rings. The van der Waals surface area contributed by atoms with E-state index in [9.17, 15) is 4.79 Å². The average molecular weight is 446 g/mol. The van der Waals surface area contributed by atoms with Crippen molar-refractivity contribution in [3.05, 3.63) is 115 Å². The van der Waals surface area contributed by atoms with Crippen LogP contribution >= 0.6 is 0 Å². The summed E-state index contributed by atoms with van der Waals surface area (Å²) in [5, 5.41) is 9.08. The third kappa shape index (κ3) is 4.24. The number of hydrogen-bond acceptors (Lipinski definition) is 4. The first-order chi connectivity index (χ1) is 16.7. The molecular weight excluding hydrogens is 422 g/mol. The smallest absolute Gasteiger partial charge is 0.338 e. The van der Waals surface area contributed by atoms with Crippen molar-refractivity contribution in [2.24, 2.45) is 0 Å². The lowest BCUT2D eigenvalue weighted by Gasteiger charge is -2.12. The molecule has 5 heteroatoms. The van der Waals surface area contributed by atoms with E-state index in [4.69, 9.17) is 4.74 Å². The number of rotatable bonds is 6. The Balaban J connectivity index is 1.59. The van der Waals surface area contributed by atoms with E-state index in [-0.39, 0.29) is 5.97 Å². The van der Waals surface area contributed by atoms with E-state index in [0.717, 1.165) is 39.6 Å². The average Bonchev–Trinajstić information content (AvgIpc) is 3.35. The second-order valence-corrected chi connectivity index (χ2v) is 7.76. The zero-order valence-corrected chi connectivity index (χ0v) is 18.8. The lowest BCUT2D eigenvalue weighted by Crippen LogP contribution is -2.05. The molecule has 166 valence electrons. The maximum Gasteiger partial charge on any atom is 0.338 e. The molecule has 0 spiro atoms. The molecule has 5 rings (SSSR count). The van der Waals surface area contributed by atoms with Crippen LogP contribution in [-0.4, -0.2) is 27.3 Å². The van der Waals surface area contributed by atoms with E-state index < -0.39 is 0 Å². The Morgan fingerprint density at radius 2 is 1.12 bits per heavy atom. The largest absolute Gasteiger partial charge is 0.462 e. The Bertz CT molecular complexity index is 1390. The van der Waals surface area contributed by atoms with Crippen molar-refractivity contribution in [1.29, 1.82) is 0 Å². The summed E-state index contributed by atoms with van der Waals surface area (Å²) in [4.78, 5) is 12.1. The van der Waals surface area contributed by atoms with Crippen molar-refractivity contribution in [2.45, 2.75) is 6.92 Å². The van der Waals surface area contributed by atoms with Gasteiger partial charge < -0.3 is 4.74 Å². The monoisotopic (exact) mass is 445 g/mol. The Morgan fingerprint density at radius 1 is 0.647 bits per heavy atom. The normalized spacial score (nSPS) is 10.7. The van der Waals surface area contributed by atoms with E-state index in [1.165, 1.54) is 0 Å². The molecule has 0 aliphatic heterocycles. The Labute approximate surface area is 198 Å². The minimum Gasteiger partial charge on any atom is -0.462 e. The maximum absolute atomic E-state index is 12.1. The predicted octanol–water partition coefficient (Wildman–Crippen LogP) is 6.45. The number of aromatic nitrogens is 3. The molecular formula is C29H23N3O2. The van der Waals surface area contributed by atoms with Gasteiger partial charge in [0.25, 0.3) is 0 Å². The van der Waals surface area contributed by atoms with Crippen LogP contribution in [0.2, 0.25) is 0 Å². The van der Waals surface area contributed by atoms with Crippen molar-refractivity contribution >= 4 is 5.97 Å². The van der Waals surface area contributed by atoms with E-state index in [0.29, 0.717) is 12.2 Å². The molecule has 0 fully saturated rings. The van der Waals surface area contributed by atoms with Crippen LogP contribution in [0.3, 0.4) is 0 Å². The van der Waals surface area contributed by atoms with Gasteiger partial charge in [0.1, 0.15) is 0 Å². The van der Waals surface area contributed by atoms with Crippen molar-refractivity contribution in [3.63, 3.8) is 0 Å². The first-order valence-corrected chi connectivity index (χ1v) is 11.2. The molecule has 0 unspecified atom stereocenters. The van der Waals surface area contributed by atoms with E-state index in [1.54, 1.807) is 19.1 Å². The second-order valence-electron chi connectivity index (χ2n) is 7.76. The quantitative estimate of drug-likeness (QED) is 0.282. The number of hydrogen-bond donors (Lipinski definition) is 0. The van der Waals surface area contributed by atoms with Gasteiger partial charge in [0.05, 0.1) is 12.2 Å². The van der Waals surface area contributed by atoms with Crippen LogP contribution in [0.15, 0.2) is 109 Å². The van der Waals surface area contributed by atoms with Crippen LogP contribution in [-0.2, 0) is 4.74 Å². The molecule has 1 heterocycles. The van der Waals surface area contributed by atoms with Crippen molar-refractivity contribution < 1.29 is 9.53 Å². The lowest BCUT2D eigenvalue weighted by atomic mass is 10.0. The summed E-state index contributed by atoms with van der Waals surface area (Å²) in [6.45, 7) is 2.14. The van der Waals surface area contributed by atoms with Crippen molar-refractivity contribution in [2.75, 3.05) is 6.61 Å². The van der Waals surface area contributed by atoms with E-state index in [1.807, 2.05) is 65.2 Å². The molecule has 0 saturated heterocycles. The lowest BCUT2D eigenvalue weighted by molar-refractivity contribution is 0.0526. The van der Waals surface area contributed by atoms with Crippen LogP contribution in [0.1, 0.15) is 17.3 Å². The first kappa shape index (κ1) is 21.3. The summed E-state index contributed by atoms with van der Waals surface area (Å²) >= 11 is 0. The summed E-state index contributed by atoms with van der Waals surface area (Å²) in [5.74, 6) is 1.12. The van der Waals surface area contributed by atoms with Gasteiger partial charge in [0.2, 0.25) is 0 Å². The van der Waals surface area contributed by atoms with Crippen molar-refractivity contribution in [1.82, 2.24) is 14.8 Å². The SMILES string of the molecule is CCOC(=O)c1ccc(-n2c(-c3ccccc3)nnc2-c2ccc(-c3ccccc3)cc2)cc1. The zero-order chi connectivity index (χ0) is 23.3. The van der Waals surface area contributed by atoms with E-state index >= 15 is 0 Å². The standard InChI is InChI=1S/C29H23N3O2/c1-2-34-29(33)25-17-19-26(20-18-25)32-27(23-11-7-4-8-12-23)30-31-28(32)24-15-13-22(14-16-24)21-9-5-3-6-10-21/h3-20H,2H2,1H3. The van der Waals surface area contributed by atoms with Crippen LogP contribution in [0.4, 0.5) is 0 Å². The van der Waals surface area contributed by atoms with Crippen LogP contribution < -0.4 is 0 Å². The van der Waals surface area contributed by atoms with Gasteiger partial charge in [-0.05, 0) is 42.3 Å². The highest BCUT2D eigenvalue weighted by Crippen LogP contribution is 2.30. The Morgan fingerprint density at radius 3 is 1.68 bits per heavy atom. The minimum absolute atomic E-state index is 0.335. The van der Waals surface area contributed by atoms with E-state index in [2.05, 4.69) is 46.6 Å². The molecule has 5 aromatic rings. The van der Waals surface area contributed by atoms with Gasteiger partial charge in [-0.15, -0.1) is 10.2 Å². The van der Waals surface area contributed by atoms with Crippen molar-refractivity contribution in [3.8, 4) is 39.6 Å². The molecule has 0 radical (unpaired) electrons. The predicted molar refractivity (Wildman–Crippen MR) is 134 cm³/mol. The van der Waals surface area contributed by atoms with Gasteiger partial charge in [-0.2, -0.15) is 0 Å².